The molecule has 9 heteroatoms. The van der Waals surface area contributed by atoms with Crippen molar-refractivity contribution in [2.75, 3.05) is 45.1 Å². The molecule has 0 spiro atoms. The van der Waals surface area contributed by atoms with E-state index in [0.29, 0.717) is 25.6 Å². The van der Waals surface area contributed by atoms with Crippen LogP contribution in [0.15, 0.2) is 17.3 Å². The van der Waals surface area contributed by atoms with Gasteiger partial charge in [0.2, 0.25) is 5.95 Å². The lowest BCUT2D eigenvalue weighted by molar-refractivity contribution is 0.135. The maximum atomic E-state index is 12.2. The number of piperazine rings is 1. The van der Waals surface area contributed by atoms with E-state index in [0.717, 1.165) is 13.1 Å². The molecule has 20 heavy (non-hydrogen) atoms. The fraction of sp³-hybridized carbons (Fsp3) is 0.636. The van der Waals surface area contributed by atoms with Crippen LogP contribution < -0.4 is 10.1 Å². The highest BCUT2D eigenvalue weighted by atomic mass is 32.2. The summed E-state index contributed by atoms with van der Waals surface area (Å²) in [5, 5.41) is 4.62. The van der Waals surface area contributed by atoms with Crippen LogP contribution in [0.2, 0.25) is 0 Å². The molecule has 2 N–H and O–H groups in total. The normalized spacial score (nSPS) is 18.1. The molecule has 0 unspecified atom stereocenters. The highest BCUT2D eigenvalue weighted by Crippen LogP contribution is 2.08. The molecule has 0 atom stereocenters. The third kappa shape index (κ3) is 3.85. The van der Waals surface area contributed by atoms with Crippen molar-refractivity contribution in [1.82, 2.24) is 24.7 Å². The Bertz CT molecular complexity index is 524. The molecule has 0 aliphatic carbocycles. The molecule has 0 aromatic carbocycles. The number of aromatic nitrogens is 2. The Hall–Kier alpha value is -1.29. The van der Waals surface area contributed by atoms with Crippen molar-refractivity contribution >= 4 is 16.0 Å². The van der Waals surface area contributed by atoms with E-state index in [1.807, 2.05) is 14.0 Å². The van der Waals surface area contributed by atoms with Crippen LogP contribution in [0.5, 0.6) is 0 Å². The van der Waals surface area contributed by atoms with Crippen molar-refractivity contribution in [2.45, 2.75) is 11.8 Å². The maximum absolute atomic E-state index is 12.2. The molecule has 8 nitrogen and oxygen atoms in total. The van der Waals surface area contributed by atoms with Gasteiger partial charge in [-0.25, -0.2) is 23.4 Å². The zero-order valence-corrected chi connectivity index (χ0v) is 12.5. The minimum absolute atomic E-state index is 0.0677. The molecule has 1 fully saturated rings. The first-order valence-electron chi connectivity index (χ1n) is 6.53. The summed E-state index contributed by atoms with van der Waals surface area (Å²) in [6.07, 6.45) is 2.62. The van der Waals surface area contributed by atoms with E-state index in [-0.39, 0.29) is 4.90 Å². The summed E-state index contributed by atoms with van der Waals surface area (Å²) in [5.41, 5.74) is 0. The van der Waals surface area contributed by atoms with Gasteiger partial charge in [-0.1, -0.05) is 0 Å². The number of anilines is 1. The fourth-order valence-corrected chi connectivity index (χ4v) is 2.84. The lowest BCUT2D eigenvalue weighted by atomic mass is 10.4. The topological polar surface area (TPSA) is 90.5 Å². The van der Waals surface area contributed by atoms with Gasteiger partial charge in [0, 0.05) is 32.7 Å². The summed E-state index contributed by atoms with van der Waals surface area (Å²) >= 11 is 0. The third-order valence-corrected chi connectivity index (χ3v) is 4.36. The van der Waals surface area contributed by atoms with E-state index in [9.17, 15) is 8.42 Å². The SMILES string of the molecule is CCNc1ncc(S(=O)(=O)NN2CCN(C)CC2)cn1. The number of hydrazine groups is 1. The zero-order chi connectivity index (χ0) is 14.6. The van der Waals surface area contributed by atoms with E-state index < -0.39 is 10.0 Å². The van der Waals surface area contributed by atoms with Crippen molar-refractivity contribution in [3.63, 3.8) is 0 Å². The standard InChI is InChI=1S/C11H20N6O2S/c1-3-12-11-13-8-10(9-14-11)20(18,19)15-17-6-4-16(2)5-7-17/h8-9,15H,3-7H2,1-2H3,(H,12,13,14). The predicted octanol–water partition coefficient (Wildman–Crippen LogP) is -0.651. The van der Waals surface area contributed by atoms with Gasteiger partial charge >= 0.3 is 0 Å². The molecular formula is C11H20N6O2S. The van der Waals surface area contributed by atoms with Gasteiger partial charge in [-0.05, 0) is 14.0 Å². The molecule has 1 aliphatic rings. The minimum atomic E-state index is -3.60. The summed E-state index contributed by atoms with van der Waals surface area (Å²) in [4.78, 5) is 12.7. The van der Waals surface area contributed by atoms with Gasteiger partial charge < -0.3 is 10.2 Å². The number of rotatable bonds is 5. The van der Waals surface area contributed by atoms with E-state index in [4.69, 9.17) is 0 Å². The van der Waals surface area contributed by atoms with Crippen LogP contribution in [0.25, 0.3) is 0 Å². The van der Waals surface area contributed by atoms with Gasteiger partial charge in [0.25, 0.3) is 10.0 Å². The Kier molecular flexibility index (Phi) is 4.86. The Morgan fingerprint density at radius 3 is 2.35 bits per heavy atom. The van der Waals surface area contributed by atoms with E-state index in [2.05, 4.69) is 25.0 Å². The molecular weight excluding hydrogens is 280 g/mol. The van der Waals surface area contributed by atoms with Crippen LogP contribution in [0, 0.1) is 0 Å². The zero-order valence-electron chi connectivity index (χ0n) is 11.7. The summed E-state index contributed by atoms with van der Waals surface area (Å²) in [6.45, 7) is 5.59. The number of nitrogens with zero attached hydrogens (tertiary/aromatic N) is 4. The highest BCUT2D eigenvalue weighted by Gasteiger charge is 2.21. The minimum Gasteiger partial charge on any atom is -0.355 e. The van der Waals surface area contributed by atoms with Gasteiger partial charge in [-0.15, -0.1) is 4.83 Å². The smallest absolute Gasteiger partial charge is 0.256 e. The number of hydrogen-bond acceptors (Lipinski definition) is 7. The number of likely N-dealkylation sites (N-methyl/N-ethyl adjacent to an activating group) is 1. The third-order valence-electron chi connectivity index (χ3n) is 3.03. The number of hydrogen-bond donors (Lipinski definition) is 2. The van der Waals surface area contributed by atoms with Crippen LogP contribution >= 0.6 is 0 Å². The Balaban J connectivity index is 2.02. The highest BCUT2D eigenvalue weighted by molar-refractivity contribution is 7.89. The summed E-state index contributed by atoms with van der Waals surface area (Å²) in [7, 11) is -1.59. The van der Waals surface area contributed by atoms with Gasteiger partial charge in [0.15, 0.2) is 0 Å². The lowest BCUT2D eigenvalue weighted by Crippen LogP contribution is -2.52. The maximum Gasteiger partial charge on any atom is 0.256 e. The van der Waals surface area contributed by atoms with Gasteiger partial charge in [-0.2, -0.15) is 0 Å². The number of nitrogens with one attached hydrogen (secondary N) is 2. The monoisotopic (exact) mass is 300 g/mol. The van der Waals surface area contributed by atoms with E-state index in [1.54, 1.807) is 5.01 Å². The second kappa shape index (κ2) is 6.44. The number of sulfonamides is 1. The molecule has 2 rings (SSSR count). The lowest BCUT2D eigenvalue weighted by Gasteiger charge is -2.31. The van der Waals surface area contributed by atoms with E-state index >= 15 is 0 Å². The van der Waals surface area contributed by atoms with Crippen molar-refractivity contribution in [3.05, 3.63) is 12.4 Å². The first-order valence-corrected chi connectivity index (χ1v) is 8.01. The first-order chi connectivity index (χ1) is 9.51. The molecule has 1 aromatic rings. The average Bonchev–Trinajstić information content (AvgIpc) is 2.42. The van der Waals surface area contributed by atoms with Crippen LogP contribution in [-0.2, 0) is 10.0 Å². The molecule has 0 saturated carbocycles. The average molecular weight is 300 g/mol. The van der Waals surface area contributed by atoms with Crippen molar-refractivity contribution in [1.29, 1.82) is 0 Å². The summed E-state index contributed by atoms with van der Waals surface area (Å²) in [6, 6.07) is 0. The van der Waals surface area contributed by atoms with Gasteiger partial charge in [-0.3, -0.25) is 0 Å². The van der Waals surface area contributed by atoms with E-state index in [1.165, 1.54) is 12.4 Å². The van der Waals surface area contributed by atoms with Gasteiger partial charge in [0.1, 0.15) is 4.90 Å². The summed E-state index contributed by atoms with van der Waals surface area (Å²) < 4.78 is 24.4. The molecule has 1 aromatic heterocycles. The quantitative estimate of drug-likeness (QED) is 0.746. The second-order valence-corrected chi connectivity index (χ2v) is 6.32. The van der Waals surface area contributed by atoms with Crippen molar-refractivity contribution in [3.8, 4) is 0 Å². The molecule has 0 bridgehead atoms. The van der Waals surface area contributed by atoms with Gasteiger partial charge in [0.05, 0.1) is 12.4 Å². The Morgan fingerprint density at radius 2 is 1.80 bits per heavy atom. The second-order valence-electron chi connectivity index (χ2n) is 4.66. The molecule has 112 valence electrons. The summed E-state index contributed by atoms with van der Waals surface area (Å²) in [5.74, 6) is 0.422. The van der Waals surface area contributed by atoms with Crippen LogP contribution in [0.4, 0.5) is 5.95 Å². The predicted molar refractivity (Wildman–Crippen MR) is 75.6 cm³/mol. The molecule has 1 aliphatic heterocycles. The van der Waals surface area contributed by atoms with Crippen LogP contribution in [0.1, 0.15) is 6.92 Å². The van der Waals surface area contributed by atoms with Crippen molar-refractivity contribution in [2.24, 2.45) is 0 Å². The largest absolute Gasteiger partial charge is 0.355 e. The van der Waals surface area contributed by atoms with Crippen LogP contribution in [0.3, 0.4) is 0 Å². The molecule has 2 heterocycles. The molecule has 0 radical (unpaired) electrons. The van der Waals surface area contributed by atoms with Crippen LogP contribution in [-0.4, -0.2) is 68.1 Å². The Morgan fingerprint density at radius 1 is 1.20 bits per heavy atom. The van der Waals surface area contributed by atoms with Crippen molar-refractivity contribution < 1.29 is 8.42 Å². The molecule has 0 amide bonds. The Labute approximate surface area is 119 Å². The molecule has 1 saturated heterocycles. The first kappa shape index (κ1) is 15.1. The fourth-order valence-electron chi connectivity index (χ4n) is 1.82.